The zero-order valence-corrected chi connectivity index (χ0v) is 16.4. The summed E-state index contributed by atoms with van der Waals surface area (Å²) in [5, 5.41) is 0. The van der Waals surface area contributed by atoms with Crippen LogP contribution in [0.1, 0.15) is 76.2 Å². The fraction of sp³-hybridized carbons (Fsp3) is 0.727. The van der Waals surface area contributed by atoms with Crippen LogP contribution in [0.5, 0.6) is 5.75 Å². The SMILES string of the molecule is Cl.NC(CCc1ccc(OCC2CCCCC2)cc1)C1CCCCC1. The van der Waals surface area contributed by atoms with E-state index in [4.69, 9.17) is 10.5 Å². The van der Waals surface area contributed by atoms with Gasteiger partial charge < -0.3 is 10.5 Å². The second kappa shape index (κ2) is 11.1. The smallest absolute Gasteiger partial charge is 0.119 e. The lowest BCUT2D eigenvalue weighted by Crippen LogP contribution is -2.32. The highest BCUT2D eigenvalue weighted by atomic mass is 35.5. The van der Waals surface area contributed by atoms with Gasteiger partial charge in [-0.15, -0.1) is 12.4 Å². The zero-order valence-electron chi connectivity index (χ0n) is 15.6. The molecular weight excluding hydrogens is 330 g/mol. The maximum atomic E-state index is 6.43. The largest absolute Gasteiger partial charge is 0.493 e. The average molecular weight is 366 g/mol. The summed E-state index contributed by atoms with van der Waals surface area (Å²) in [4.78, 5) is 0. The number of ether oxygens (including phenoxy) is 1. The molecule has 2 aliphatic rings. The van der Waals surface area contributed by atoms with Gasteiger partial charge in [-0.05, 0) is 68.1 Å². The van der Waals surface area contributed by atoms with Crippen molar-refractivity contribution >= 4 is 12.4 Å². The number of benzene rings is 1. The van der Waals surface area contributed by atoms with E-state index in [0.717, 1.165) is 37.0 Å². The first-order chi connectivity index (χ1) is 11.8. The Kier molecular flexibility index (Phi) is 9.12. The highest BCUT2D eigenvalue weighted by Gasteiger charge is 2.20. The average Bonchev–Trinajstić information content (AvgIpc) is 2.67. The Morgan fingerprint density at radius 1 is 0.880 bits per heavy atom. The van der Waals surface area contributed by atoms with E-state index in [1.54, 1.807) is 0 Å². The van der Waals surface area contributed by atoms with Crippen LogP contribution in [0.3, 0.4) is 0 Å². The number of halogens is 1. The first-order valence-electron chi connectivity index (χ1n) is 10.3. The molecule has 2 aliphatic carbocycles. The molecule has 1 aromatic rings. The molecule has 2 nitrogen and oxygen atoms in total. The lowest BCUT2D eigenvalue weighted by molar-refractivity contribution is 0.209. The van der Waals surface area contributed by atoms with Crippen molar-refractivity contribution in [2.24, 2.45) is 17.6 Å². The molecule has 3 rings (SSSR count). The topological polar surface area (TPSA) is 35.2 Å². The fourth-order valence-corrected chi connectivity index (χ4v) is 4.45. The molecule has 0 radical (unpaired) electrons. The number of rotatable bonds is 7. The van der Waals surface area contributed by atoms with Crippen LogP contribution in [-0.2, 0) is 6.42 Å². The van der Waals surface area contributed by atoms with Crippen LogP contribution in [0.15, 0.2) is 24.3 Å². The molecule has 1 aromatic carbocycles. The van der Waals surface area contributed by atoms with Crippen molar-refractivity contribution in [1.82, 2.24) is 0 Å². The maximum Gasteiger partial charge on any atom is 0.119 e. The highest BCUT2D eigenvalue weighted by Crippen LogP contribution is 2.28. The van der Waals surface area contributed by atoms with Gasteiger partial charge in [0, 0.05) is 6.04 Å². The Labute approximate surface area is 160 Å². The standard InChI is InChI=1S/C22H35NO.ClH/c23-22(20-9-5-2-6-10-20)16-13-18-11-14-21(15-12-18)24-17-19-7-3-1-4-8-19;/h11-12,14-15,19-20,22H,1-10,13,16-17,23H2;1H. The minimum atomic E-state index is 0. The molecule has 1 atom stereocenters. The van der Waals surface area contributed by atoms with Gasteiger partial charge in [0.25, 0.3) is 0 Å². The fourth-order valence-electron chi connectivity index (χ4n) is 4.45. The lowest BCUT2D eigenvalue weighted by atomic mass is 9.82. The van der Waals surface area contributed by atoms with Gasteiger partial charge in [0.05, 0.1) is 6.61 Å². The van der Waals surface area contributed by atoms with Crippen LogP contribution < -0.4 is 10.5 Å². The van der Waals surface area contributed by atoms with E-state index in [1.165, 1.54) is 69.8 Å². The molecule has 1 unspecified atom stereocenters. The summed E-state index contributed by atoms with van der Waals surface area (Å²) in [5.41, 5.74) is 7.83. The van der Waals surface area contributed by atoms with Crippen molar-refractivity contribution in [2.75, 3.05) is 6.61 Å². The summed E-state index contributed by atoms with van der Waals surface area (Å²) >= 11 is 0. The van der Waals surface area contributed by atoms with Gasteiger partial charge in [-0.3, -0.25) is 0 Å². The predicted molar refractivity (Wildman–Crippen MR) is 109 cm³/mol. The zero-order chi connectivity index (χ0) is 16.6. The molecule has 142 valence electrons. The molecule has 0 heterocycles. The van der Waals surface area contributed by atoms with Crippen molar-refractivity contribution in [2.45, 2.75) is 83.1 Å². The first-order valence-corrected chi connectivity index (χ1v) is 10.3. The summed E-state index contributed by atoms with van der Waals surface area (Å²) < 4.78 is 6.00. The van der Waals surface area contributed by atoms with E-state index in [9.17, 15) is 0 Å². The van der Waals surface area contributed by atoms with Crippen molar-refractivity contribution in [3.63, 3.8) is 0 Å². The molecule has 3 heteroatoms. The van der Waals surface area contributed by atoms with Crippen LogP contribution >= 0.6 is 12.4 Å². The summed E-state index contributed by atoms with van der Waals surface area (Å²) in [5.74, 6) is 2.56. The molecule has 2 N–H and O–H groups in total. The second-order valence-corrected chi connectivity index (χ2v) is 8.06. The van der Waals surface area contributed by atoms with Crippen molar-refractivity contribution in [3.05, 3.63) is 29.8 Å². The normalized spacial score (nSPS) is 20.7. The third-order valence-corrected chi connectivity index (χ3v) is 6.16. The minimum absolute atomic E-state index is 0. The van der Waals surface area contributed by atoms with Gasteiger partial charge in [0.2, 0.25) is 0 Å². The lowest BCUT2D eigenvalue weighted by Gasteiger charge is -2.27. The van der Waals surface area contributed by atoms with Crippen molar-refractivity contribution in [1.29, 1.82) is 0 Å². The number of aryl methyl sites for hydroxylation is 1. The molecule has 2 fully saturated rings. The molecule has 0 bridgehead atoms. The van der Waals surface area contributed by atoms with E-state index in [0.29, 0.717) is 6.04 Å². The van der Waals surface area contributed by atoms with E-state index in [2.05, 4.69) is 24.3 Å². The highest BCUT2D eigenvalue weighted by molar-refractivity contribution is 5.85. The molecule has 2 saturated carbocycles. The van der Waals surface area contributed by atoms with E-state index >= 15 is 0 Å². The summed E-state index contributed by atoms with van der Waals surface area (Å²) in [6, 6.07) is 9.12. The van der Waals surface area contributed by atoms with Crippen molar-refractivity contribution < 1.29 is 4.74 Å². The minimum Gasteiger partial charge on any atom is -0.493 e. The number of nitrogens with two attached hydrogens (primary N) is 1. The van der Waals surface area contributed by atoms with Crippen LogP contribution in [0.4, 0.5) is 0 Å². The second-order valence-electron chi connectivity index (χ2n) is 8.06. The molecule has 0 spiro atoms. The quantitative estimate of drug-likeness (QED) is 0.652. The third-order valence-electron chi connectivity index (χ3n) is 6.16. The number of hydrogen-bond acceptors (Lipinski definition) is 2. The van der Waals surface area contributed by atoms with Crippen LogP contribution in [0, 0.1) is 11.8 Å². The Balaban J connectivity index is 0.00000225. The van der Waals surface area contributed by atoms with Gasteiger partial charge in [-0.2, -0.15) is 0 Å². The number of hydrogen-bond donors (Lipinski definition) is 1. The summed E-state index contributed by atoms with van der Waals surface area (Å²) in [7, 11) is 0. The molecule has 0 aromatic heterocycles. The Bertz CT molecular complexity index is 463. The monoisotopic (exact) mass is 365 g/mol. The summed E-state index contributed by atoms with van der Waals surface area (Å²) in [6.07, 6.45) is 15.9. The molecular formula is C22H36ClNO. The third kappa shape index (κ3) is 6.83. The van der Waals surface area contributed by atoms with Gasteiger partial charge in [-0.1, -0.05) is 50.7 Å². The van der Waals surface area contributed by atoms with Crippen molar-refractivity contribution in [3.8, 4) is 5.75 Å². The van der Waals surface area contributed by atoms with E-state index in [-0.39, 0.29) is 12.4 Å². The molecule has 25 heavy (non-hydrogen) atoms. The summed E-state index contributed by atoms with van der Waals surface area (Å²) in [6.45, 7) is 0.895. The van der Waals surface area contributed by atoms with Gasteiger partial charge in [0.15, 0.2) is 0 Å². The van der Waals surface area contributed by atoms with E-state index < -0.39 is 0 Å². The molecule has 0 amide bonds. The Morgan fingerprint density at radius 3 is 2.12 bits per heavy atom. The first kappa shape index (κ1) is 20.6. The van der Waals surface area contributed by atoms with Gasteiger partial charge in [0.1, 0.15) is 5.75 Å². The Morgan fingerprint density at radius 2 is 1.48 bits per heavy atom. The molecule has 0 aliphatic heterocycles. The maximum absolute atomic E-state index is 6.43. The van der Waals surface area contributed by atoms with E-state index in [1.807, 2.05) is 0 Å². The van der Waals surface area contributed by atoms with Crippen LogP contribution in [-0.4, -0.2) is 12.6 Å². The molecule has 0 saturated heterocycles. The van der Waals surface area contributed by atoms with Crippen LogP contribution in [0.25, 0.3) is 0 Å². The Hall–Kier alpha value is -0.730. The van der Waals surface area contributed by atoms with Crippen LogP contribution in [0.2, 0.25) is 0 Å². The predicted octanol–water partition coefficient (Wildman–Crippen LogP) is 5.91. The van der Waals surface area contributed by atoms with Gasteiger partial charge in [-0.25, -0.2) is 0 Å². The van der Waals surface area contributed by atoms with Gasteiger partial charge >= 0.3 is 0 Å².